The Labute approximate surface area is 250 Å². The van der Waals surface area contributed by atoms with E-state index in [0.717, 1.165) is 10.9 Å². The number of carbonyl (C=O) groups excluding carboxylic acids is 1. The Morgan fingerprint density at radius 1 is 1.04 bits per heavy atom. The molecule has 0 aliphatic carbocycles. The largest absolute Gasteiger partial charge is 0.481 e. The van der Waals surface area contributed by atoms with Gasteiger partial charge >= 0.3 is 15.6 Å². The maximum atomic E-state index is 12.4. The second-order valence-corrected chi connectivity index (χ2v) is 12.9. The van der Waals surface area contributed by atoms with E-state index < -0.39 is 89.4 Å². The number of nitrogen functional groups attached to an aromatic ring is 1. The minimum Gasteiger partial charge on any atom is -0.387 e. The van der Waals surface area contributed by atoms with E-state index in [4.69, 9.17) is 20.9 Å². The third kappa shape index (κ3) is 6.98. The highest BCUT2D eigenvalue weighted by Crippen LogP contribution is 2.60. The normalized spacial score (nSPS) is 31.2. The number of nitrogens with two attached hydrogens (primary N) is 2. The van der Waals surface area contributed by atoms with Crippen LogP contribution < -0.4 is 21.6 Å². The summed E-state index contributed by atoms with van der Waals surface area (Å²) in [4.78, 5) is 53.5. The molecule has 2 aliphatic heterocycles. The fraction of sp³-hybridized carbons (Fsp3) is 0.476. The molecule has 10 atom stereocenters. The number of anilines is 1. The fourth-order valence-corrected chi connectivity index (χ4v) is 6.74. The average molecular weight is 680 g/mol. The second kappa shape index (κ2) is 12.5. The number of nitrogens with one attached hydrogen (secondary N) is 1. The van der Waals surface area contributed by atoms with Crippen LogP contribution in [0.4, 0.5) is 5.95 Å². The first-order chi connectivity index (χ1) is 21.1. The molecular formula is C21H28N7O15P2+. The van der Waals surface area contributed by atoms with Crippen LogP contribution in [0.15, 0.2) is 35.6 Å². The van der Waals surface area contributed by atoms with Crippen LogP contribution in [0.2, 0.25) is 0 Å². The Hall–Kier alpha value is -3.21. The van der Waals surface area contributed by atoms with Gasteiger partial charge in [-0.1, -0.05) is 0 Å². The minimum atomic E-state index is -5.41. The SMILES string of the molecule is NC(=O)c1ccc[n+]([C@@H]2O[C@H](COP(=O)(O)OP(=O)(O)OC[C@@H]3O[C@H](n4cnc5c(=O)[nH]c(N)nc54)[C@H](O)[C@@H]3O)[C@H](O)[C@H]2O)c1. The third-order valence-corrected chi connectivity index (χ3v) is 9.41. The summed E-state index contributed by atoms with van der Waals surface area (Å²) >= 11 is 0. The highest BCUT2D eigenvalue weighted by molar-refractivity contribution is 7.61. The van der Waals surface area contributed by atoms with Gasteiger partial charge < -0.3 is 51.2 Å². The predicted molar refractivity (Wildman–Crippen MR) is 142 cm³/mol. The van der Waals surface area contributed by atoms with E-state index >= 15 is 0 Å². The standard InChI is InChI=1S/C21H27N7O15P2/c22-16(33)8-2-1-3-27(4-8)19-14(31)12(29)9(41-19)5-39-44(35,36)43-45(37,38)40-6-10-13(30)15(32)20(42-10)28-7-24-11-17(28)25-21(23)26-18(11)34/h1-4,7,9-10,12-15,19-20,29-32H,5-6H2,(H6-,22,23,25,26,33,34,35,36,37,38)/p+1/t9-,10+,12+,13-,14-,15-,19-,20+/m1/s1. The van der Waals surface area contributed by atoms with Gasteiger partial charge in [-0.25, -0.2) is 14.1 Å². The van der Waals surface area contributed by atoms with Crippen LogP contribution in [0.3, 0.4) is 0 Å². The molecule has 0 radical (unpaired) electrons. The van der Waals surface area contributed by atoms with Crippen LogP contribution in [0.1, 0.15) is 22.8 Å². The molecule has 22 nitrogen and oxygen atoms in total. The molecule has 3 aromatic heterocycles. The van der Waals surface area contributed by atoms with Gasteiger partial charge in [0, 0.05) is 6.07 Å². The lowest BCUT2D eigenvalue weighted by atomic mass is 10.1. The van der Waals surface area contributed by atoms with Gasteiger partial charge in [-0.2, -0.15) is 13.9 Å². The Kier molecular flexibility index (Phi) is 9.23. The van der Waals surface area contributed by atoms with Crippen molar-refractivity contribution in [2.75, 3.05) is 18.9 Å². The molecule has 246 valence electrons. The summed E-state index contributed by atoms with van der Waals surface area (Å²) in [6, 6.07) is 2.82. The van der Waals surface area contributed by atoms with E-state index in [1.807, 2.05) is 0 Å². The van der Waals surface area contributed by atoms with Gasteiger partial charge in [0.1, 0.15) is 36.1 Å². The van der Waals surface area contributed by atoms with Crippen molar-refractivity contribution in [2.24, 2.45) is 5.73 Å². The highest BCUT2D eigenvalue weighted by atomic mass is 31.3. The van der Waals surface area contributed by atoms with Crippen LogP contribution in [-0.2, 0) is 32.0 Å². The maximum absolute atomic E-state index is 12.4. The summed E-state index contributed by atoms with van der Waals surface area (Å²) in [5.41, 5.74) is 9.91. The summed E-state index contributed by atoms with van der Waals surface area (Å²) in [6.07, 6.45) is -8.59. The van der Waals surface area contributed by atoms with Crippen molar-refractivity contribution in [1.82, 2.24) is 19.5 Å². The lowest BCUT2D eigenvalue weighted by Gasteiger charge is -2.20. The topological polar surface area (TPSA) is 338 Å². The number of pyridine rings is 1. The predicted octanol–water partition coefficient (Wildman–Crippen LogP) is -3.72. The molecule has 2 fully saturated rings. The number of carbonyl (C=O) groups is 1. The number of amides is 1. The second-order valence-electron chi connectivity index (χ2n) is 9.88. The van der Waals surface area contributed by atoms with Gasteiger partial charge in [-0.05, 0) is 6.07 Å². The Bertz CT molecular complexity index is 1740. The zero-order chi connectivity index (χ0) is 32.8. The Morgan fingerprint density at radius 2 is 1.67 bits per heavy atom. The first kappa shape index (κ1) is 33.2. The maximum Gasteiger partial charge on any atom is 0.481 e. The monoisotopic (exact) mass is 680 g/mol. The third-order valence-electron chi connectivity index (χ3n) is 6.81. The molecule has 5 rings (SSSR count). The van der Waals surface area contributed by atoms with Crippen LogP contribution in [-0.4, -0.2) is 105 Å². The zero-order valence-corrected chi connectivity index (χ0v) is 24.4. The number of imidazole rings is 1. The summed E-state index contributed by atoms with van der Waals surface area (Å²) in [5, 5.41) is 41.6. The number of nitrogens with zero attached hydrogens (tertiary/aromatic N) is 4. The van der Waals surface area contributed by atoms with Crippen molar-refractivity contribution in [2.45, 2.75) is 49.1 Å². The van der Waals surface area contributed by atoms with Gasteiger partial charge in [0.05, 0.1) is 19.5 Å². The lowest BCUT2D eigenvalue weighted by molar-refractivity contribution is -0.765. The van der Waals surface area contributed by atoms with E-state index in [-0.39, 0.29) is 22.7 Å². The minimum absolute atomic E-state index is 0.0593. The molecule has 0 aromatic carbocycles. The van der Waals surface area contributed by atoms with E-state index in [1.54, 1.807) is 0 Å². The molecule has 3 aromatic rings. The van der Waals surface area contributed by atoms with E-state index in [0.29, 0.717) is 0 Å². The first-order valence-corrected chi connectivity index (χ1v) is 15.8. The number of aromatic nitrogens is 5. The van der Waals surface area contributed by atoms with Crippen molar-refractivity contribution < 1.29 is 71.5 Å². The van der Waals surface area contributed by atoms with Gasteiger partial charge in [0.15, 0.2) is 35.9 Å². The van der Waals surface area contributed by atoms with Gasteiger partial charge in [0.25, 0.3) is 17.7 Å². The number of aliphatic hydroxyl groups excluding tert-OH is 4. The number of aliphatic hydroxyl groups is 4. The smallest absolute Gasteiger partial charge is 0.387 e. The van der Waals surface area contributed by atoms with Crippen LogP contribution in [0, 0.1) is 0 Å². The Balaban J connectivity index is 1.17. The van der Waals surface area contributed by atoms with Crippen LogP contribution in [0.5, 0.6) is 0 Å². The summed E-state index contributed by atoms with van der Waals surface area (Å²) < 4.78 is 51.7. The van der Waals surface area contributed by atoms with Crippen molar-refractivity contribution in [3.05, 3.63) is 46.8 Å². The molecule has 0 saturated carbocycles. The Morgan fingerprint density at radius 3 is 2.31 bits per heavy atom. The van der Waals surface area contributed by atoms with E-state index in [1.165, 1.54) is 29.1 Å². The molecular weight excluding hydrogens is 652 g/mol. The van der Waals surface area contributed by atoms with Crippen molar-refractivity contribution in [3.8, 4) is 0 Å². The summed E-state index contributed by atoms with van der Waals surface area (Å²) in [7, 11) is -10.8. The fourth-order valence-electron chi connectivity index (χ4n) is 4.65. The molecule has 2 unspecified atom stereocenters. The molecule has 45 heavy (non-hydrogen) atoms. The summed E-state index contributed by atoms with van der Waals surface area (Å²) in [6.45, 7) is -1.87. The quantitative estimate of drug-likeness (QED) is 0.0694. The zero-order valence-electron chi connectivity index (χ0n) is 22.6. The van der Waals surface area contributed by atoms with Crippen LogP contribution >= 0.6 is 15.6 Å². The molecule has 0 bridgehead atoms. The molecule has 1 amide bonds. The van der Waals surface area contributed by atoms with Gasteiger partial charge in [-0.15, -0.1) is 0 Å². The average Bonchev–Trinajstić information content (AvgIpc) is 3.60. The van der Waals surface area contributed by atoms with E-state index in [2.05, 4.69) is 28.3 Å². The molecule has 5 heterocycles. The number of phosphoric acid groups is 2. The molecule has 11 N–H and O–H groups in total. The van der Waals surface area contributed by atoms with Crippen molar-refractivity contribution >= 4 is 38.7 Å². The first-order valence-electron chi connectivity index (χ1n) is 12.8. The van der Waals surface area contributed by atoms with Crippen molar-refractivity contribution in [3.63, 3.8) is 0 Å². The number of rotatable bonds is 11. The number of phosphoric ester groups is 2. The highest BCUT2D eigenvalue weighted by Gasteiger charge is 2.50. The molecule has 2 saturated heterocycles. The molecule has 0 spiro atoms. The van der Waals surface area contributed by atoms with Crippen LogP contribution in [0.25, 0.3) is 11.2 Å². The summed E-state index contributed by atoms with van der Waals surface area (Å²) in [5.74, 6) is -1.04. The number of fused-ring (bicyclic) bond motifs is 1. The number of hydrogen-bond acceptors (Lipinski definition) is 16. The molecule has 2 aliphatic rings. The van der Waals surface area contributed by atoms with Gasteiger partial charge in [0.2, 0.25) is 5.95 Å². The molecule has 24 heteroatoms. The number of aromatic amines is 1. The van der Waals surface area contributed by atoms with Crippen molar-refractivity contribution in [1.29, 1.82) is 0 Å². The number of hydrogen-bond donors (Lipinski definition) is 9. The lowest BCUT2D eigenvalue weighted by Crippen LogP contribution is -2.46. The number of ether oxygens (including phenoxy) is 2. The number of primary amides is 1. The number of H-pyrrole nitrogens is 1. The van der Waals surface area contributed by atoms with E-state index in [9.17, 15) is 48.9 Å². The van der Waals surface area contributed by atoms with Gasteiger partial charge in [-0.3, -0.25) is 28.2 Å².